The number of H-pyrrole nitrogens is 1. The number of rotatable bonds is 8. The number of carbonyl (C=O) groups is 1. The Hall–Kier alpha value is -1.28. The highest BCUT2D eigenvalue weighted by Gasteiger charge is 2.10. The molecule has 1 aromatic heterocycles. The molecule has 1 rings (SSSR count). The Morgan fingerprint density at radius 1 is 1.65 bits per heavy atom. The number of aromatic amines is 1. The van der Waals surface area contributed by atoms with E-state index in [0.29, 0.717) is 31.3 Å². The number of carboxylic acids is 1. The van der Waals surface area contributed by atoms with E-state index < -0.39 is 5.97 Å². The van der Waals surface area contributed by atoms with Crippen LogP contribution in [0.15, 0.2) is 9.95 Å². The Balaban J connectivity index is 2.53. The van der Waals surface area contributed by atoms with E-state index in [1.165, 1.54) is 4.57 Å². The smallest absolute Gasteiger partial charge is 0.343 e. The molecule has 0 bridgehead atoms. The normalized spacial score (nSPS) is 10.6. The largest absolute Gasteiger partial charge is 0.481 e. The maximum atomic E-state index is 11.4. The molecule has 0 aliphatic heterocycles. The van der Waals surface area contributed by atoms with E-state index in [-0.39, 0.29) is 11.4 Å². The van der Waals surface area contributed by atoms with E-state index in [0.717, 1.165) is 11.8 Å². The number of hydrogen-bond acceptors (Lipinski definition) is 5. The van der Waals surface area contributed by atoms with Crippen molar-refractivity contribution in [1.29, 1.82) is 0 Å². The summed E-state index contributed by atoms with van der Waals surface area (Å²) in [6.07, 6.45) is 0.688. The van der Waals surface area contributed by atoms with E-state index in [9.17, 15) is 9.59 Å². The summed E-state index contributed by atoms with van der Waals surface area (Å²) in [5.41, 5.74) is -0.325. The number of thioether (sulfide) groups is 1. The van der Waals surface area contributed by atoms with Gasteiger partial charge in [0.15, 0.2) is 5.16 Å². The summed E-state index contributed by atoms with van der Waals surface area (Å²) in [5, 5.41) is 15.0. The standard InChI is InChI=1S/C9H15N3O4S/c1-2-16-5-3-4-12-8(15)10-11-9(12)17-6-7(13)14/h2-6H2,1H3,(H,10,15)(H,13,14). The van der Waals surface area contributed by atoms with Gasteiger partial charge in [0.2, 0.25) is 0 Å². The Labute approximate surface area is 102 Å². The SMILES string of the molecule is CCOCCCn1c(SCC(=O)O)n[nH]c1=O. The van der Waals surface area contributed by atoms with Gasteiger partial charge in [-0.2, -0.15) is 0 Å². The molecule has 0 unspecified atom stereocenters. The molecule has 1 aromatic rings. The highest BCUT2D eigenvalue weighted by atomic mass is 32.2. The molecular weight excluding hydrogens is 246 g/mol. The second kappa shape index (κ2) is 7.13. The molecule has 0 saturated carbocycles. The summed E-state index contributed by atoms with van der Waals surface area (Å²) in [7, 11) is 0. The van der Waals surface area contributed by atoms with Crippen LogP contribution >= 0.6 is 11.8 Å². The Kier molecular flexibility index (Phi) is 5.78. The molecule has 96 valence electrons. The van der Waals surface area contributed by atoms with Gasteiger partial charge in [-0.3, -0.25) is 9.36 Å². The van der Waals surface area contributed by atoms with Crippen molar-refractivity contribution in [2.24, 2.45) is 0 Å². The highest BCUT2D eigenvalue weighted by molar-refractivity contribution is 7.99. The van der Waals surface area contributed by atoms with Gasteiger partial charge in [0.05, 0.1) is 5.75 Å². The summed E-state index contributed by atoms with van der Waals surface area (Å²) in [6, 6.07) is 0. The molecule has 0 fully saturated rings. The van der Waals surface area contributed by atoms with Crippen LogP contribution < -0.4 is 5.69 Å². The molecule has 0 saturated heterocycles. The number of hydrogen-bond donors (Lipinski definition) is 2. The monoisotopic (exact) mass is 261 g/mol. The van der Waals surface area contributed by atoms with E-state index in [1.807, 2.05) is 6.92 Å². The van der Waals surface area contributed by atoms with Gasteiger partial charge in [-0.05, 0) is 13.3 Å². The lowest BCUT2D eigenvalue weighted by atomic mass is 10.4. The van der Waals surface area contributed by atoms with Crippen LogP contribution in [0.3, 0.4) is 0 Å². The highest BCUT2D eigenvalue weighted by Crippen LogP contribution is 2.12. The van der Waals surface area contributed by atoms with Gasteiger partial charge in [-0.1, -0.05) is 11.8 Å². The van der Waals surface area contributed by atoms with E-state index >= 15 is 0 Å². The van der Waals surface area contributed by atoms with Crippen LogP contribution in [0.5, 0.6) is 0 Å². The first-order valence-electron chi connectivity index (χ1n) is 5.22. The third kappa shape index (κ3) is 4.61. The summed E-state index contributed by atoms with van der Waals surface area (Å²) in [6.45, 7) is 3.58. The third-order valence-electron chi connectivity index (χ3n) is 1.92. The van der Waals surface area contributed by atoms with Crippen molar-refractivity contribution >= 4 is 17.7 Å². The molecule has 0 spiro atoms. The molecule has 0 atom stereocenters. The van der Waals surface area contributed by atoms with Crippen LogP contribution in [-0.4, -0.2) is 44.8 Å². The van der Waals surface area contributed by atoms with Gasteiger partial charge in [-0.25, -0.2) is 9.89 Å². The maximum absolute atomic E-state index is 11.4. The molecule has 0 aromatic carbocycles. The van der Waals surface area contributed by atoms with Crippen molar-refractivity contribution in [2.75, 3.05) is 19.0 Å². The van der Waals surface area contributed by atoms with Crippen LogP contribution in [0, 0.1) is 0 Å². The van der Waals surface area contributed by atoms with Gasteiger partial charge < -0.3 is 9.84 Å². The zero-order chi connectivity index (χ0) is 12.7. The molecule has 1 heterocycles. The van der Waals surface area contributed by atoms with Crippen LogP contribution in [0.1, 0.15) is 13.3 Å². The van der Waals surface area contributed by atoms with Crippen LogP contribution in [0.2, 0.25) is 0 Å². The lowest BCUT2D eigenvalue weighted by Gasteiger charge is -2.04. The predicted molar refractivity (Wildman–Crippen MR) is 62.3 cm³/mol. The minimum atomic E-state index is -0.939. The Morgan fingerprint density at radius 2 is 2.41 bits per heavy atom. The van der Waals surface area contributed by atoms with Crippen LogP contribution in [-0.2, 0) is 16.1 Å². The Bertz CT molecular complexity index is 415. The zero-order valence-corrected chi connectivity index (χ0v) is 10.3. The van der Waals surface area contributed by atoms with Gasteiger partial charge in [0.25, 0.3) is 0 Å². The van der Waals surface area contributed by atoms with Crippen molar-refractivity contribution in [2.45, 2.75) is 25.0 Å². The van der Waals surface area contributed by atoms with E-state index in [1.54, 1.807) is 0 Å². The topological polar surface area (TPSA) is 97.2 Å². The number of aromatic nitrogens is 3. The molecule has 0 aliphatic carbocycles. The van der Waals surface area contributed by atoms with Gasteiger partial charge >= 0.3 is 11.7 Å². The second-order valence-electron chi connectivity index (χ2n) is 3.20. The van der Waals surface area contributed by atoms with E-state index in [4.69, 9.17) is 9.84 Å². The third-order valence-corrected chi connectivity index (χ3v) is 2.88. The Morgan fingerprint density at radius 3 is 3.06 bits per heavy atom. The molecule has 2 N–H and O–H groups in total. The van der Waals surface area contributed by atoms with Crippen LogP contribution in [0.25, 0.3) is 0 Å². The molecule has 0 amide bonds. The van der Waals surface area contributed by atoms with Gasteiger partial charge in [0.1, 0.15) is 0 Å². The van der Waals surface area contributed by atoms with Gasteiger partial charge in [0, 0.05) is 19.8 Å². The van der Waals surface area contributed by atoms with Crippen LogP contribution in [0.4, 0.5) is 0 Å². The van der Waals surface area contributed by atoms with Crippen molar-refractivity contribution in [3.8, 4) is 0 Å². The number of carboxylic acid groups (broad SMARTS) is 1. The quantitative estimate of drug-likeness (QED) is 0.511. The lowest BCUT2D eigenvalue weighted by Crippen LogP contribution is -2.19. The van der Waals surface area contributed by atoms with Crippen molar-refractivity contribution in [1.82, 2.24) is 14.8 Å². The molecule has 7 nitrogen and oxygen atoms in total. The molecule has 0 aliphatic rings. The van der Waals surface area contributed by atoms with Crippen molar-refractivity contribution < 1.29 is 14.6 Å². The molecule has 0 radical (unpaired) electrons. The average molecular weight is 261 g/mol. The maximum Gasteiger partial charge on any atom is 0.343 e. The van der Waals surface area contributed by atoms with Crippen molar-refractivity contribution in [3.05, 3.63) is 10.5 Å². The summed E-state index contributed by atoms with van der Waals surface area (Å²) in [5.74, 6) is -1.05. The first-order valence-corrected chi connectivity index (χ1v) is 6.21. The summed E-state index contributed by atoms with van der Waals surface area (Å²) >= 11 is 1.02. The lowest BCUT2D eigenvalue weighted by molar-refractivity contribution is -0.133. The zero-order valence-electron chi connectivity index (χ0n) is 9.51. The average Bonchev–Trinajstić information content (AvgIpc) is 2.63. The minimum Gasteiger partial charge on any atom is -0.481 e. The fraction of sp³-hybridized carbons (Fsp3) is 0.667. The summed E-state index contributed by atoms with van der Waals surface area (Å²) in [4.78, 5) is 21.8. The second-order valence-corrected chi connectivity index (χ2v) is 4.14. The minimum absolute atomic E-state index is 0.115. The predicted octanol–water partition coefficient (Wildman–Crippen LogP) is 0.175. The number of nitrogens with one attached hydrogen (secondary N) is 1. The van der Waals surface area contributed by atoms with E-state index in [2.05, 4.69) is 10.2 Å². The fourth-order valence-corrected chi connectivity index (χ4v) is 1.90. The number of aliphatic carboxylic acids is 1. The molecule has 17 heavy (non-hydrogen) atoms. The summed E-state index contributed by atoms with van der Waals surface area (Å²) < 4.78 is 6.59. The number of nitrogens with zero attached hydrogens (tertiary/aromatic N) is 2. The number of ether oxygens (including phenoxy) is 1. The molecular formula is C9H15N3O4S. The first kappa shape index (κ1) is 13.8. The van der Waals surface area contributed by atoms with Gasteiger partial charge in [-0.15, -0.1) is 5.10 Å². The fourth-order valence-electron chi connectivity index (χ4n) is 1.21. The van der Waals surface area contributed by atoms with Crippen molar-refractivity contribution in [3.63, 3.8) is 0 Å². The first-order chi connectivity index (χ1) is 8.15. The molecule has 8 heteroatoms.